The summed E-state index contributed by atoms with van der Waals surface area (Å²) in [5.41, 5.74) is 1.64. The number of aryl methyl sites for hydroxylation is 3. The third-order valence-electron chi connectivity index (χ3n) is 8.16. The Labute approximate surface area is 272 Å². The number of hydrogen-bond acceptors (Lipinski definition) is 11. The van der Waals surface area contributed by atoms with Crippen LogP contribution in [0.15, 0.2) is 57.5 Å². The minimum absolute atomic E-state index is 0.00438. The average Bonchev–Trinajstić information content (AvgIpc) is 3.77. The number of sulfonamides is 1. The lowest BCUT2D eigenvalue weighted by Gasteiger charge is -2.24. The van der Waals surface area contributed by atoms with E-state index in [1.807, 2.05) is 37.3 Å². The van der Waals surface area contributed by atoms with Crippen molar-refractivity contribution in [2.75, 3.05) is 32.7 Å². The lowest BCUT2D eigenvalue weighted by molar-refractivity contribution is -0.138. The number of carbonyl (C=O) groups excluding carboxylic acids is 2. The number of guanidine groups is 1. The number of carbonyl (C=O) groups is 3. The van der Waals surface area contributed by atoms with Gasteiger partial charge >= 0.3 is 12.1 Å². The minimum atomic E-state index is -4.23. The van der Waals surface area contributed by atoms with Crippen LogP contribution in [0, 0.1) is 20.8 Å². The number of ether oxygens (including phenoxy) is 1. The maximum absolute atomic E-state index is 13.2. The molecule has 5 N–H and O–H groups in total. The molecule has 3 aliphatic rings. The van der Waals surface area contributed by atoms with Crippen LogP contribution < -0.4 is 20.7 Å². The number of rotatable bonds is 11. The fraction of sp³-hybridized carbons (Fsp3) is 0.452. The van der Waals surface area contributed by atoms with Gasteiger partial charge in [-0.1, -0.05) is 53.2 Å². The van der Waals surface area contributed by atoms with Crippen molar-refractivity contribution in [2.24, 2.45) is 10.1 Å². The highest BCUT2D eigenvalue weighted by atomic mass is 32.2. The van der Waals surface area contributed by atoms with Gasteiger partial charge in [0.2, 0.25) is 10.0 Å². The third-order valence-corrected chi connectivity index (χ3v) is 9.94. The monoisotopic (exact) mass is 669 g/mol. The molecule has 0 radical (unpaired) electrons. The van der Waals surface area contributed by atoms with Crippen molar-refractivity contribution in [1.82, 2.24) is 25.6 Å². The van der Waals surface area contributed by atoms with E-state index < -0.39 is 46.2 Å². The quantitative estimate of drug-likeness (QED) is 0.229. The average molecular weight is 670 g/mol. The summed E-state index contributed by atoms with van der Waals surface area (Å²) in [6, 6.07) is 10.6. The first-order chi connectivity index (χ1) is 22.4. The van der Waals surface area contributed by atoms with E-state index in [-0.39, 0.29) is 36.2 Å². The molecular formula is C31H39N7O8S. The molecule has 3 aliphatic heterocycles. The second-order valence-electron chi connectivity index (χ2n) is 12.0. The summed E-state index contributed by atoms with van der Waals surface area (Å²) in [7, 11) is -4.23. The predicted molar refractivity (Wildman–Crippen MR) is 171 cm³/mol. The molecule has 1 saturated heterocycles. The number of oxime groups is 1. The molecule has 47 heavy (non-hydrogen) atoms. The van der Waals surface area contributed by atoms with Crippen LogP contribution in [0.5, 0.6) is 0 Å². The lowest BCUT2D eigenvalue weighted by Crippen LogP contribution is -2.49. The van der Waals surface area contributed by atoms with Crippen molar-refractivity contribution in [2.45, 2.75) is 62.8 Å². The van der Waals surface area contributed by atoms with Gasteiger partial charge in [0, 0.05) is 32.5 Å². The van der Waals surface area contributed by atoms with Crippen LogP contribution in [-0.2, 0) is 35.8 Å². The number of likely N-dealkylation sites (tertiary alicyclic amines) is 1. The second-order valence-corrected chi connectivity index (χ2v) is 13.7. The van der Waals surface area contributed by atoms with Gasteiger partial charge < -0.3 is 30.6 Å². The molecule has 2 aromatic rings. The number of nitrogens with zero attached hydrogens (tertiary/aromatic N) is 3. The molecule has 0 aromatic heterocycles. The maximum Gasteiger partial charge on any atom is 0.410 e. The van der Waals surface area contributed by atoms with Gasteiger partial charge in [-0.15, -0.1) is 0 Å². The zero-order valence-electron chi connectivity index (χ0n) is 26.4. The maximum atomic E-state index is 13.2. The molecule has 252 valence electrons. The van der Waals surface area contributed by atoms with Crippen LogP contribution in [0.3, 0.4) is 0 Å². The van der Waals surface area contributed by atoms with Crippen molar-refractivity contribution in [1.29, 1.82) is 0 Å². The largest absolute Gasteiger partial charge is 0.480 e. The summed E-state index contributed by atoms with van der Waals surface area (Å²) in [6.07, 6.45) is -0.167. The van der Waals surface area contributed by atoms with Gasteiger partial charge in [-0.25, -0.2) is 13.2 Å². The van der Waals surface area contributed by atoms with E-state index in [1.165, 1.54) is 0 Å². The Kier molecular flexibility index (Phi) is 10.0. The smallest absolute Gasteiger partial charge is 0.410 e. The topological polar surface area (TPSA) is 200 Å². The van der Waals surface area contributed by atoms with Crippen LogP contribution in [0.2, 0.25) is 0 Å². The summed E-state index contributed by atoms with van der Waals surface area (Å²) in [6.45, 7) is 6.44. The van der Waals surface area contributed by atoms with Crippen LogP contribution >= 0.6 is 0 Å². The number of amides is 2. The van der Waals surface area contributed by atoms with Crippen LogP contribution in [0.4, 0.5) is 4.79 Å². The first-order valence-electron chi connectivity index (χ1n) is 15.2. The Morgan fingerprint density at radius 3 is 2.55 bits per heavy atom. The molecule has 0 bridgehead atoms. The van der Waals surface area contributed by atoms with Gasteiger partial charge in [0.25, 0.3) is 5.91 Å². The highest BCUT2D eigenvalue weighted by molar-refractivity contribution is 7.89. The molecule has 0 saturated carbocycles. The van der Waals surface area contributed by atoms with E-state index in [4.69, 9.17) is 9.57 Å². The summed E-state index contributed by atoms with van der Waals surface area (Å²) in [4.78, 5) is 50.0. The molecule has 3 heterocycles. The molecule has 15 nitrogen and oxygen atoms in total. The SMILES string of the molecule is Cc1cc(C)c(S(=O)(=O)N[C@@H](CNC(=O)C2=NO[C@]3(C2)C[C@@H](CNC2=NCCN2)N(C(=O)OCc2ccccc2)C3)C(=O)O)c(C)c1. The van der Waals surface area contributed by atoms with E-state index >= 15 is 0 Å². The summed E-state index contributed by atoms with van der Waals surface area (Å²) in [5.74, 6) is -1.54. The molecule has 1 spiro atoms. The number of carboxylic acids is 1. The molecule has 3 atom stereocenters. The number of aliphatic carboxylic acids is 1. The van der Waals surface area contributed by atoms with Crippen LogP contribution in [-0.4, -0.2) is 98.5 Å². The normalized spacial score (nSPS) is 21.0. The second kappa shape index (κ2) is 14.0. The molecular weight excluding hydrogens is 630 g/mol. The highest BCUT2D eigenvalue weighted by Gasteiger charge is 2.53. The molecule has 0 aliphatic carbocycles. The molecule has 1 fully saturated rings. The van der Waals surface area contributed by atoms with E-state index in [0.717, 1.165) is 11.1 Å². The Morgan fingerprint density at radius 1 is 1.17 bits per heavy atom. The van der Waals surface area contributed by atoms with Gasteiger partial charge in [-0.2, -0.15) is 4.72 Å². The van der Waals surface area contributed by atoms with Crippen LogP contribution in [0.1, 0.15) is 35.1 Å². The number of hydrogen-bond donors (Lipinski definition) is 5. The number of carboxylic acid groups (broad SMARTS) is 1. The van der Waals surface area contributed by atoms with E-state index in [9.17, 15) is 27.9 Å². The zero-order chi connectivity index (χ0) is 33.8. The first kappa shape index (κ1) is 33.7. The number of nitrogens with one attached hydrogen (secondary N) is 4. The van der Waals surface area contributed by atoms with Gasteiger partial charge in [0.1, 0.15) is 18.4 Å². The zero-order valence-corrected chi connectivity index (χ0v) is 27.2. The van der Waals surface area contributed by atoms with E-state index in [1.54, 1.807) is 30.9 Å². The Hall–Kier alpha value is -4.70. The first-order valence-corrected chi connectivity index (χ1v) is 16.7. The van der Waals surface area contributed by atoms with Crippen molar-refractivity contribution >= 4 is 39.7 Å². The molecule has 2 aromatic carbocycles. The molecule has 2 amide bonds. The van der Waals surface area contributed by atoms with Gasteiger partial charge in [0.15, 0.2) is 11.6 Å². The fourth-order valence-electron chi connectivity index (χ4n) is 6.12. The van der Waals surface area contributed by atoms with E-state index in [0.29, 0.717) is 43.1 Å². The highest BCUT2D eigenvalue weighted by Crippen LogP contribution is 2.38. The molecule has 0 unspecified atom stereocenters. The van der Waals surface area contributed by atoms with Gasteiger partial charge in [0.05, 0.1) is 24.0 Å². The minimum Gasteiger partial charge on any atom is -0.480 e. The Morgan fingerprint density at radius 2 is 1.89 bits per heavy atom. The Bertz CT molecular complexity index is 1680. The van der Waals surface area contributed by atoms with Gasteiger partial charge in [-0.3, -0.25) is 19.5 Å². The Balaban J connectivity index is 1.21. The summed E-state index contributed by atoms with van der Waals surface area (Å²) >= 11 is 0. The molecule has 16 heteroatoms. The van der Waals surface area contributed by atoms with E-state index in [2.05, 4.69) is 30.8 Å². The third kappa shape index (κ3) is 8.00. The number of aliphatic imine (C=N–C) groups is 1. The summed E-state index contributed by atoms with van der Waals surface area (Å²) in [5, 5.41) is 22.6. The van der Waals surface area contributed by atoms with Crippen molar-refractivity contribution < 1.29 is 37.5 Å². The number of benzene rings is 2. The fourth-order valence-corrected chi connectivity index (χ4v) is 7.77. The van der Waals surface area contributed by atoms with Crippen LogP contribution in [0.25, 0.3) is 0 Å². The van der Waals surface area contributed by atoms with Crippen molar-refractivity contribution in [3.63, 3.8) is 0 Å². The van der Waals surface area contributed by atoms with Crippen molar-refractivity contribution in [3.8, 4) is 0 Å². The standard InChI is InChI=1S/C31H39N7O8S/c1-19-11-20(2)26(21(3)12-19)47(43,44)37-25(28(40)41)16-34-27(39)24-14-31(46-36-24)13-23(15-35-29-32-9-10-33-29)38(18-31)30(42)45-17-22-7-5-4-6-8-22/h4-8,11-12,23,25,37H,9-10,13-18H2,1-3H3,(H,34,39)(H,40,41)(H2,32,33,35)/t23-,25-,31-/m0/s1. The molecule has 5 rings (SSSR count). The summed E-state index contributed by atoms with van der Waals surface area (Å²) < 4.78 is 34.1. The van der Waals surface area contributed by atoms with Gasteiger partial charge in [-0.05, 0) is 37.5 Å². The lowest BCUT2D eigenvalue weighted by atomic mass is 9.94. The predicted octanol–water partition coefficient (Wildman–Crippen LogP) is 0.935. The van der Waals surface area contributed by atoms with Crippen molar-refractivity contribution in [3.05, 3.63) is 64.7 Å².